The summed E-state index contributed by atoms with van der Waals surface area (Å²) in [7, 11) is 5.11. The number of halogens is 1. The van der Waals surface area contributed by atoms with E-state index in [0.29, 0.717) is 23.4 Å². The van der Waals surface area contributed by atoms with Crippen LogP contribution in [0.3, 0.4) is 0 Å². The third kappa shape index (κ3) is 7.14. The van der Waals surface area contributed by atoms with Crippen LogP contribution >= 0.6 is 0 Å². The fraction of sp³-hybridized carbons (Fsp3) is 0.500. The minimum atomic E-state index is -0.231. The molecular formula is C16H29FN2O. The maximum Gasteiger partial charge on any atom is 0.141 e. The number of benzene rings is 1. The molecule has 0 spiro atoms. The fourth-order valence-corrected chi connectivity index (χ4v) is 1.43. The van der Waals surface area contributed by atoms with Crippen molar-refractivity contribution in [2.75, 3.05) is 21.2 Å². The zero-order chi connectivity index (χ0) is 16.0. The molecule has 0 saturated heterocycles. The first-order chi connectivity index (χ1) is 9.72. The van der Waals surface area contributed by atoms with E-state index in [1.165, 1.54) is 6.07 Å². The van der Waals surface area contributed by atoms with Crippen LogP contribution in [0.5, 0.6) is 0 Å². The Morgan fingerprint density at radius 3 is 2.20 bits per heavy atom. The van der Waals surface area contributed by atoms with Crippen LogP contribution in [0.25, 0.3) is 5.76 Å². The molecule has 0 aliphatic carbocycles. The van der Waals surface area contributed by atoms with Crippen molar-refractivity contribution in [1.82, 2.24) is 10.6 Å². The highest BCUT2D eigenvalue weighted by Crippen LogP contribution is 2.18. The molecule has 1 aromatic rings. The van der Waals surface area contributed by atoms with Gasteiger partial charge in [0.1, 0.15) is 11.6 Å². The molecule has 1 aromatic carbocycles. The zero-order valence-electron chi connectivity index (χ0n) is 13.8. The summed E-state index contributed by atoms with van der Waals surface area (Å²) in [5.74, 6) is 0.378. The Morgan fingerprint density at radius 2 is 1.80 bits per heavy atom. The first-order valence-electron chi connectivity index (χ1n) is 7.07. The summed E-state index contributed by atoms with van der Waals surface area (Å²) in [4.78, 5) is 0. The van der Waals surface area contributed by atoms with Gasteiger partial charge in [-0.15, -0.1) is 0 Å². The topological polar surface area (TPSA) is 33.3 Å². The van der Waals surface area contributed by atoms with Gasteiger partial charge in [0.25, 0.3) is 0 Å². The predicted molar refractivity (Wildman–Crippen MR) is 85.9 cm³/mol. The number of methoxy groups -OCH3 is 1. The molecule has 0 atom stereocenters. The summed E-state index contributed by atoms with van der Waals surface area (Å²) < 4.78 is 18.8. The van der Waals surface area contributed by atoms with Gasteiger partial charge in [-0.1, -0.05) is 39.8 Å². The lowest BCUT2D eigenvalue weighted by Gasteiger charge is -2.08. The Kier molecular flexibility index (Phi) is 14.4. The molecule has 0 radical (unpaired) electrons. The zero-order valence-corrected chi connectivity index (χ0v) is 13.8. The highest BCUT2D eigenvalue weighted by atomic mass is 19.1. The van der Waals surface area contributed by atoms with Gasteiger partial charge >= 0.3 is 0 Å². The van der Waals surface area contributed by atoms with Gasteiger partial charge < -0.3 is 15.4 Å². The predicted octanol–water partition coefficient (Wildman–Crippen LogP) is 3.76. The van der Waals surface area contributed by atoms with Crippen molar-refractivity contribution in [2.45, 2.75) is 34.2 Å². The third-order valence-corrected chi connectivity index (χ3v) is 2.20. The van der Waals surface area contributed by atoms with Crippen molar-refractivity contribution in [3.05, 3.63) is 41.3 Å². The largest absolute Gasteiger partial charge is 0.495 e. The molecule has 0 aliphatic heterocycles. The second-order valence-corrected chi connectivity index (χ2v) is 3.34. The minimum absolute atomic E-state index is 0.231. The molecule has 0 saturated carbocycles. The average Bonchev–Trinajstić information content (AvgIpc) is 2.51. The van der Waals surface area contributed by atoms with E-state index in [1.807, 2.05) is 33.8 Å². The van der Waals surface area contributed by atoms with Crippen LogP contribution in [0.2, 0.25) is 0 Å². The summed E-state index contributed by atoms with van der Waals surface area (Å²) in [5, 5.41) is 5.77. The Labute approximate surface area is 123 Å². The highest BCUT2D eigenvalue weighted by molar-refractivity contribution is 5.59. The van der Waals surface area contributed by atoms with Gasteiger partial charge in [0.2, 0.25) is 0 Å². The lowest BCUT2D eigenvalue weighted by atomic mass is 10.1. The smallest absolute Gasteiger partial charge is 0.141 e. The summed E-state index contributed by atoms with van der Waals surface area (Å²) in [6, 6.07) is 5.06. The third-order valence-electron chi connectivity index (χ3n) is 2.20. The molecule has 0 unspecified atom stereocenters. The first-order valence-corrected chi connectivity index (χ1v) is 7.07. The van der Waals surface area contributed by atoms with Crippen LogP contribution in [0.4, 0.5) is 4.39 Å². The SMILES string of the molecule is CC.CC.CN/C=C(\OC)c1ccc(CNC)c(F)c1. The first kappa shape index (κ1) is 20.8. The quantitative estimate of drug-likeness (QED) is 0.808. The van der Waals surface area contributed by atoms with E-state index in [2.05, 4.69) is 10.6 Å². The second-order valence-electron chi connectivity index (χ2n) is 3.34. The van der Waals surface area contributed by atoms with Crippen molar-refractivity contribution < 1.29 is 9.13 Å². The van der Waals surface area contributed by atoms with Crippen molar-refractivity contribution in [1.29, 1.82) is 0 Å². The Morgan fingerprint density at radius 1 is 1.20 bits per heavy atom. The molecule has 0 aliphatic rings. The molecule has 0 bridgehead atoms. The Bertz CT molecular complexity index is 379. The highest BCUT2D eigenvalue weighted by Gasteiger charge is 2.06. The van der Waals surface area contributed by atoms with Crippen LogP contribution in [0.1, 0.15) is 38.8 Å². The lowest BCUT2D eigenvalue weighted by Crippen LogP contribution is -2.07. The maximum absolute atomic E-state index is 13.6. The standard InChI is InChI=1S/C12H17FN2O.2C2H6/c1-14-7-10-5-4-9(6-11(10)13)12(16-3)8-15-2;2*1-2/h4-6,8,14-15H,7H2,1-3H3;2*1-2H3/b12-8-;;. The fourth-order valence-electron chi connectivity index (χ4n) is 1.43. The second kappa shape index (κ2) is 13.9. The van der Waals surface area contributed by atoms with Crippen molar-refractivity contribution >= 4 is 5.76 Å². The van der Waals surface area contributed by atoms with E-state index in [4.69, 9.17) is 4.74 Å². The van der Waals surface area contributed by atoms with Gasteiger partial charge in [-0.05, 0) is 13.1 Å². The maximum atomic E-state index is 13.6. The minimum Gasteiger partial charge on any atom is -0.495 e. The number of hydrogen-bond donors (Lipinski definition) is 2. The number of hydrogen-bond acceptors (Lipinski definition) is 3. The molecule has 0 fully saturated rings. The number of ether oxygens (including phenoxy) is 1. The van der Waals surface area contributed by atoms with Crippen LogP contribution in [-0.4, -0.2) is 21.2 Å². The molecule has 3 nitrogen and oxygen atoms in total. The molecule has 0 aromatic heterocycles. The van der Waals surface area contributed by atoms with Crippen LogP contribution < -0.4 is 10.6 Å². The van der Waals surface area contributed by atoms with Crippen molar-refractivity contribution in [3.8, 4) is 0 Å². The number of rotatable bonds is 5. The molecule has 2 N–H and O–H groups in total. The molecular weight excluding hydrogens is 255 g/mol. The summed E-state index contributed by atoms with van der Waals surface area (Å²) in [6.45, 7) is 8.52. The van der Waals surface area contributed by atoms with E-state index in [9.17, 15) is 4.39 Å². The molecule has 4 heteroatoms. The summed E-state index contributed by atoms with van der Waals surface area (Å²) >= 11 is 0. The Balaban J connectivity index is 0. The lowest BCUT2D eigenvalue weighted by molar-refractivity contribution is 0.368. The van der Waals surface area contributed by atoms with Crippen LogP contribution in [-0.2, 0) is 11.3 Å². The monoisotopic (exact) mass is 284 g/mol. The van der Waals surface area contributed by atoms with Crippen LogP contribution in [0, 0.1) is 5.82 Å². The van der Waals surface area contributed by atoms with Gasteiger partial charge in [-0.25, -0.2) is 4.39 Å². The summed E-state index contributed by atoms with van der Waals surface area (Å²) in [6.07, 6.45) is 1.69. The van der Waals surface area contributed by atoms with Gasteiger partial charge in [0.05, 0.1) is 7.11 Å². The molecule has 1 rings (SSSR count). The van der Waals surface area contributed by atoms with Crippen molar-refractivity contribution in [3.63, 3.8) is 0 Å². The van der Waals surface area contributed by atoms with E-state index in [-0.39, 0.29) is 5.82 Å². The molecule has 0 amide bonds. The number of nitrogens with one attached hydrogen (secondary N) is 2. The van der Waals surface area contributed by atoms with Crippen LogP contribution in [0.15, 0.2) is 24.4 Å². The normalized spacial score (nSPS) is 9.70. The van der Waals surface area contributed by atoms with E-state index < -0.39 is 0 Å². The van der Waals surface area contributed by atoms with E-state index in [0.717, 1.165) is 0 Å². The van der Waals surface area contributed by atoms with Crippen molar-refractivity contribution in [2.24, 2.45) is 0 Å². The van der Waals surface area contributed by atoms with Gasteiger partial charge in [-0.3, -0.25) is 0 Å². The summed E-state index contributed by atoms with van der Waals surface area (Å²) in [5.41, 5.74) is 1.36. The Hall–Kier alpha value is -1.55. The van der Waals surface area contributed by atoms with E-state index in [1.54, 1.807) is 33.5 Å². The van der Waals surface area contributed by atoms with Gasteiger partial charge in [0.15, 0.2) is 0 Å². The van der Waals surface area contributed by atoms with Gasteiger partial charge in [0, 0.05) is 30.9 Å². The molecule has 0 heterocycles. The van der Waals surface area contributed by atoms with E-state index >= 15 is 0 Å². The molecule has 20 heavy (non-hydrogen) atoms. The van der Waals surface area contributed by atoms with Gasteiger partial charge in [-0.2, -0.15) is 0 Å². The average molecular weight is 284 g/mol. The molecule has 116 valence electrons.